The molecule has 2 aromatic heterocycles. The van der Waals surface area contributed by atoms with Crippen LogP contribution in [0.3, 0.4) is 0 Å². The SMILES string of the molecule is Cc1c(C=Nc2ccccc2Br)c(O)n(Cc2ccco2)c(=O)c1C#N. The topological polar surface area (TPSA) is 91.5 Å². The number of furan rings is 1. The van der Waals surface area contributed by atoms with Crippen molar-refractivity contribution in [3.63, 3.8) is 0 Å². The standard InChI is InChI=1S/C19H14BrN3O3/c1-12-14(9-21)18(24)23(11-13-5-4-8-26-13)19(25)15(12)10-22-17-7-3-2-6-16(17)20/h2-8,10,25H,11H2,1H3. The van der Waals surface area contributed by atoms with Gasteiger partial charge in [-0.2, -0.15) is 5.26 Å². The maximum absolute atomic E-state index is 12.5. The molecule has 7 heteroatoms. The molecule has 0 bridgehead atoms. The summed E-state index contributed by atoms with van der Waals surface area (Å²) >= 11 is 3.40. The highest BCUT2D eigenvalue weighted by molar-refractivity contribution is 9.10. The Bertz CT molecular complexity index is 1080. The Balaban J connectivity index is 2.14. The highest BCUT2D eigenvalue weighted by Crippen LogP contribution is 2.26. The molecule has 1 aromatic carbocycles. The van der Waals surface area contributed by atoms with E-state index >= 15 is 0 Å². The summed E-state index contributed by atoms with van der Waals surface area (Å²) in [5, 5.41) is 20.0. The Morgan fingerprint density at radius 3 is 2.77 bits per heavy atom. The maximum atomic E-state index is 12.5. The van der Waals surface area contributed by atoms with Crippen LogP contribution in [0.5, 0.6) is 5.88 Å². The van der Waals surface area contributed by atoms with Crippen molar-refractivity contribution in [1.82, 2.24) is 4.57 Å². The van der Waals surface area contributed by atoms with Gasteiger partial charge in [-0.1, -0.05) is 12.1 Å². The first-order valence-electron chi connectivity index (χ1n) is 7.70. The number of para-hydroxylation sites is 1. The molecule has 0 saturated carbocycles. The Hall–Kier alpha value is -3.11. The lowest BCUT2D eigenvalue weighted by Gasteiger charge is -2.13. The second-order valence-electron chi connectivity index (χ2n) is 5.53. The molecule has 0 saturated heterocycles. The number of aromatic hydroxyl groups is 1. The third-order valence-electron chi connectivity index (χ3n) is 3.93. The first-order chi connectivity index (χ1) is 12.5. The Labute approximate surface area is 157 Å². The number of hydrogen-bond donors (Lipinski definition) is 1. The monoisotopic (exact) mass is 411 g/mol. The molecule has 0 aliphatic carbocycles. The molecule has 2 heterocycles. The van der Waals surface area contributed by atoms with Gasteiger partial charge in [0.25, 0.3) is 5.56 Å². The predicted octanol–water partition coefficient (Wildman–Crippen LogP) is 3.89. The molecular weight excluding hydrogens is 398 g/mol. The molecule has 0 fully saturated rings. The first kappa shape index (κ1) is 17.7. The summed E-state index contributed by atoms with van der Waals surface area (Å²) in [6, 6.07) is 12.6. The van der Waals surface area contributed by atoms with Crippen molar-refractivity contribution < 1.29 is 9.52 Å². The van der Waals surface area contributed by atoms with Gasteiger partial charge in [0.05, 0.1) is 24.1 Å². The number of nitriles is 1. The van der Waals surface area contributed by atoms with E-state index in [1.807, 2.05) is 24.3 Å². The lowest BCUT2D eigenvalue weighted by atomic mass is 10.1. The van der Waals surface area contributed by atoms with E-state index < -0.39 is 5.56 Å². The average molecular weight is 412 g/mol. The van der Waals surface area contributed by atoms with E-state index in [0.717, 1.165) is 9.04 Å². The lowest BCUT2D eigenvalue weighted by Crippen LogP contribution is -2.25. The van der Waals surface area contributed by atoms with Gasteiger partial charge < -0.3 is 9.52 Å². The van der Waals surface area contributed by atoms with Crippen LogP contribution in [-0.4, -0.2) is 15.9 Å². The van der Waals surface area contributed by atoms with Crippen LogP contribution in [0.4, 0.5) is 5.69 Å². The minimum Gasteiger partial charge on any atom is -0.494 e. The molecule has 3 rings (SSSR count). The summed E-state index contributed by atoms with van der Waals surface area (Å²) in [6.45, 7) is 1.63. The molecule has 0 aliphatic heterocycles. The van der Waals surface area contributed by atoms with Gasteiger partial charge in [0.2, 0.25) is 5.88 Å². The molecule has 0 aliphatic rings. The smallest absolute Gasteiger partial charge is 0.271 e. The third kappa shape index (κ3) is 3.32. The zero-order valence-corrected chi connectivity index (χ0v) is 15.4. The fraction of sp³-hybridized carbons (Fsp3) is 0.105. The number of nitrogens with zero attached hydrogens (tertiary/aromatic N) is 3. The Kier molecular flexibility index (Phi) is 5.05. The molecular formula is C19H14BrN3O3. The van der Waals surface area contributed by atoms with Crippen molar-refractivity contribution in [2.75, 3.05) is 0 Å². The zero-order valence-electron chi connectivity index (χ0n) is 13.8. The lowest BCUT2D eigenvalue weighted by molar-refractivity contribution is 0.397. The van der Waals surface area contributed by atoms with Crippen LogP contribution in [0.25, 0.3) is 0 Å². The fourth-order valence-electron chi connectivity index (χ4n) is 2.52. The fourth-order valence-corrected chi connectivity index (χ4v) is 2.91. The van der Waals surface area contributed by atoms with Crippen LogP contribution in [0.15, 0.2) is 61.3 Å². The number of aromatic nitrogens is 1. The van der Waals surface area contributed by atoms with Gasteiger partial charge >= 0.3 is 0 Å². The maximum Gasteiger partial charge on any atom is 0.271 e. The van der Waals surface area contributed by atoms with Crippen LogP contribution in [0, 0.1) is 18.3 Å². The third-order valence-corrected chi connectivity index (χ3v) is 4.60. The molecule has 26 heavy (non-hydrogen) atoms. The molecule has 0 unspecified atom stereocenters. The summed E-state index contributed by atoms with van der Waals surface area (Å²) in [4.78, 5) is 16.9. The van der Waals surface area contributed by atoms with Gasteiger partial charge in [-0.3, -0.25) is 14.4 Å². The van der Waals surface area contributed by atoms with E-state index in [9.17, 15) is 15.2 Å². The number of aliphatic imine (C=N–C) groups is 1. The van der Waals surface area contributed by atoms with Crippen molar-refractivity contribution in [2.45, 2.75) is 13.5 Å². The van der Waals surface area contributed by atoms with Crippen molar-refractivity contribution in [3.8, 4) is 11.9 Å². The number of benzene rings is 1. The number of rotatable bonds is 4. The predicted molar refractivity (Wildman–Crippen MR) is 101 cm³/mol. The zero-order chi connectivity index (χ0) is 18.7. The summed E-state index contributed by atoms with van der Waals surface area (Å²) in [6.07, 6.45) is 2.93. The summed E-state index contributed by atoms with van der Waals surface area (Å²) in [5.41, 5.74) is 0.735. The van der Waals surface area contributed by atoms with E-state index in [4.69, 9.17) is 4.42 Å². The van der Waals surface area contributed by atoms with E-state index in [1.165, 1.54) is 12.5 Å². The van der Waals surface area contributed by atoms with Crippen molar-refractivity contribution in [2.24, 2.45) is 4.99 Å². The average Bonchev–Trinajstić information content (AvgIpc) is 3.14. The second kappa shape index (κ2) is 7.42. The van der Waals surface area contributed by atoms with Crippen molar-refractivity contribution in [1.29, 1.82) is 5.26 Å². The summed E-state index contributed by atoms with van der Waals surface area (Å²) < 4.78 is 7.14. The van der Waals surface area contributed by atoms with Crippen molar-refractivity contribution >= 4 is 27.8 Å². The Morgan fingerprint density at radius 2 is 2.12 bits per heavy atom. The normalized spacial score (nSPS) is 11.0. The van der Waals surface area contributed by atoms with Crippen LogP contribution in [-0.2, 0) is 6.54 Å². The van der Waals surface area contributed by atoms with Crippen LogP contribution >= 0.6 is 15.9 Å². The van der Waals surface area contributed by atoms with Gasteiger partial charge in [-0.05, 0) is 52.7 Å². The molecule has 0 atom stereocenters. The minimum absolute atomic E-state index is 0.0164. The molecule has 3 aromatic rings. The number of halogens is 1. The molecule has 1 N–H and O–H groups in total. The minimum atomic E-state index is -0.572. The summed E-state index contributed by atoms with van der Waals surface area (Å²) in [5.74, 6) is 0.225. The van der Waals surface area contributed by atoms with E-state index in [2.05, 4.69) is 20.9 Å². The highest BCUT2D eigenvalue weighted by Gasteiger charge is 2.18. The Morgan fingerprint density at radius 1 is 1.35 bits per heavy atom. The van der Waals surface area contributed by atoms with Crippen LogP contribution < -0.4 is 5.56 Å². The summed E-state index contributed by atoms with van der Waals surface area (Å²) in [7, 11) is 0. The van der Waals surface area contributed by atoms with Crippen LogP contribution in [0.2, 0.25) is 0 Å². The van der Waals surface area contributed by atoms with E-state index in [0.29, 0.717) is 22.6 Å². The van der Waals surface area contributed by atoms with Crippen LogP contribution in [0.1, 0.15) is 22.5 Å². The van der Waals surface area contributed by atoms with Gasteiger partial charge in [0.15, 0.2) is 0 Å². The molecule has 6 nitrogen and oxygen atoms in total. The van der Waals surface area contributed by atoms with Crippen molar-refractivity contribution in [3.05, 3.63) is 79.9 Å². The quantitative estimate of drug-likeness (QED) is 0.659. The number of hydrogen-bond acceptors (Lipinski definition) is 5. The van der Waals surface area contributed by atoms with E-state index in [1.54, 1.807) is 25.1 Å². The van der Waals surface area contributed by atoms with E-state index in [-0.39, 0.29) is 18.0 Å². The molecule has 0 radical (unpaired) electrons. The molecule has 0 amide bonds. The number of pyridine rings is 1. The van der Waals surface area contributed by atoms with Gasteiger partial charge in [-0.25, -0.2) is 0 Å². The molecule has 0 spiro atoms. The first-order valence-corrected chi connectivity index (χ1v) is 8.49. The van der Waals surface area contributed by atoms with Gasteiger partial charge in [0, 0.05) is 10.7 Å². The second-order valence-corrected chi connectivity index (χ2v) is 6.38. The largest absolute Gasteiger partial charge is 0.494 e. The van der Waals surface area contributed by atoms with Gasteiger partial charge in [-0.15, -0.1) is 0 Å². The highest BCUT2D eigenvalue weighted by atomic mass is 79.9. The molecule has 130 valence electrons. The van der Waals surface area contributed by atoms with Gasteiger partial charge in [0.1, 0.15) is 17.4 Å².